The lowest BCUT2D eigenvalue weighted by Gasteiger charge is -2.37. The van der Waals surface area contributed by atoms with Crippen LogP contribution in [0.3, 0.4) is 0 Å². The van der Waals surface area contributed by atoms with Gasteiger partial charge in [-0.15, -0.1) is 0 Å². The molecule has 1 aliphatic heterocycles. The Bertz CT molecular complexity index is 485. The van der Waals surface area contributed by atoms with Crippen molar-refractivity contribution in [3.8, 4) is 0 Å². The highest BCUT2D eigenvalue weighted by molar-refractivity contribution is 9.10. The van der Waals surface area contributed by atoms with Crippen LogP contribution in [0.1, 0.15) is 19.4 Å². The molecule has 1 amide bonds. The number of halogens is 2. The average Bonchev–Trinajstić information content (AvgIpc) is 2.43. The fourth-order valence-corrected chi connectivity index (χ4v) is 3.03. The molecule has 20 heavy (non-hydrogen) atoms. The third-order valence-corrected chi connectivity index (χ3v) is 4.61. The van der Waals surface area contributed by atoms with E-state index in [0.717, 1.165) is 36.2 Å². The summed E-state index contributed by atoms with van der Waals surface area (Å²) in [6, 6.07) is 6.18. The van der Waals surface area contributed by atoms with E-state index in [4.69, 9.17) is 11.6 Å². The third-order valence-electron chi connectivity index (χ3n) is 3.75. The lowest BCUT2D eigenvalue weighted by Crippen LogP contribution is -2.51. The van der Waals surface area contributed by atoms with E-state index >= 15 is 0 Å². The van der Waals surface area contributed by atoms with Gasteiger partial charge in [0.15, 0.2) is 0 Å². The second-order valence-electron chi connectivity index (χ2n) is 5.42. The molecule has 0 atom stereocenters. The van der Waals surface area contributed by atoms with E-state index in [1.54, 1.807) is 0 Å². The lowest BCUT2D eigenvalue weighted by molar-refractivity contribution is -0.132. The Balaban J connectivity index is 1.94. The molecule has 5 heteroatoms. The number of carbonyl (C=O) groups excluding carboxylic acids is 1. The van der Waals surface area contributed by atoms with Crippen LogP contribution in [0.25, 0.3) is 0 Å². The van der Waals surface area contributed by atoms with Gasteiger partial charge < -0.3 is 4.90 Å². The van der Waals surface area contributed by atoms with Gasteiger partial charge in [-0.3, -0.25) is 9.69 Å². The van der Waals surface area contributed by atoms with Crippen LogP contribution in [0.4, 0.5) is 0 Å². The second-order valence-corrected chi connectivity index (χ2v) is 6.75. The minimum atomic E-state index is 0.161. The summed E-state index contributed by atoms with van der Waals surface area (Å²) < 4.78 is 0.953. The fraction of sp³-hybridized carbons (Fsp3) is 0.533. The van der Waals surface area contributed by atoms with Gasteiger partial charge >= 0.3 is 0 Å². The Kier molecular flexibility index (Phi) is 5.47. The molecule has 1 saturated heterocycles. The molecule has 0 N–H and O–H groups in total. The molecule has 110 valence electrons. The first kappa shape index (κ1) is 15.8. The van der Waals surface area contributed by atoms with E-state index in [1.165, 1.54) is 0 Å². The zero-order valence-corrected chi connectivity index (χ0v) is 14.2. The van der Waals surface area contributed by atoms with Crippen molar-refractivity contribution in [1.82, 2.24) is 9.80 Å². The molecule has 0 bridgehead atoms. The summed E-state index contributed by atoms with van der Waals surface area (Å²) in [5.74, 6) is 0.161. The normalized spacial score (nSPS) is 16.8. The van der Waals surface area contributed by atoms with Gasteiger partial charge in [0.2, 0.25) is 5.91 Å². The molecule has 0 spiro atoms. The van der Waals surface area contributed by atoms with Gasteiger partial charge in [-0.05, 0) is 37.6 Å². The summed E-state index contributed by atoms with van der Waals surface area (Å²) in [6.45, 7) is 7.91. The smallest absolute Gasteiger partial charge is 0.227 e. The van der Waals surface area contributed by atoms with Gasteiger partial charge in [-0.25, -0.2) is 0 Å². The number of piperazine rings is 1. The van der Waals surface area contributed by atoms with Crippen LogP contribution < -0.4 is 0 Å². The molecular weight excluding hydrogens is 340 g/mol. The van der Waals surface area contributed by atoms with Crippen molar-refractivity contribution in [2.45, 2.75) is 26.3 Å². The SMILES string of the molecule is CC(C)N1CCN(C(=O)Cc2cc(Br)ccc2Cl)CC1. The van der Waals surface area contributed by atoms with E-state index in [2.05, 4.69) is 34.7 Å². The maximum atomic E-state index is 12.3. The first-order valence-electron chi connectivity index (χ1n) is 6.93. The second kappa shape index (κ2) is 6.92. The molecule has 1 fully saturated rings. The predicted octanol–water partition coefficient (Wildman–Crippen LogP) is 3.20. The largest absolute Gasteiger partial charge is 0.340 e. The van der Waals surface area contributed by atoms with Crippen molar-refractivity contribution in [3.05, 3.63) is 33.3 Å². The number of rotatable bonds is 3. The molecule has 0 saturated carbocycles. The molecule has 1 aromatic carbocycles. The number of amides is 1. The summed E-state index contributed by atoms with van der Waals surface area (Å²) in [4.78, 5) is 16.7. The minimum absolute atomic E-state index is 0.161. The van der Waals surface area contributed by atoms with Gasteiger partial charge in [0, 0.05) is 41.7 Å². The molecule has 1 aromatic rings. The Morgan fingerprint density at radius 2 is 1.95 bits per heavy atom. The molecule has 0 unspecified atom stereocenters. The molecule has 1 aliphatic rings. The van der Waals surface area contributed by atoms with Crippen molar-refractivity contribution in [2.75, 3.05) is 26.2 Å². The summed E-state index contributed by atoms with van der Waals surface area (Å²) in [5.41, 5.74) is 0.886. The highest BCUT2D eigenvalue weighted by Gasteiger charge is 2.22. The summed E-state index contributed by atoms with van der Waals surface area (Å²) in [6.07, 6.45) is 0.375. The van der Waals surface area contributed by atoms with Gasteiger partial charge in [0.05, 0.1) is 6.42 Å². The van der Waals surface area contributed by atoms with Crippen LogP contribution in [0.15, 0.2) is 22.7 Å². The fourth-order valence-electron chi connectivity index (χ4n) is 2.44. The van der Waals surface area contributed by atoms with E-state index in [9.17, 15) is 4.79 Å². The molecule has 3 nitrogen and oxygen atoms in total. The van der Waals surface area contributed by atoms with Gasteiger partial charge in [0.25, 0.3) is 0 Å². The maximum absolute atomic E-state index is 12.3. The van der Waals surface area contributed by atoms with Crippen molar-refractivity contribution in [3.63, 3.8) is 0 Å². The van der Waals surface area contributed by atoms with Crippen LogP contribution in [0.5, 0.6) is 0 Å². The lowest BCUT2D eigenvalue weighted by atomic mass is 10.1. The number of hydrogen-bond donors (Lipinski definition) is 0. The number of carbonyl (C=O) groups is 1. The highest BCUT2D eigenvalue weighted by atomic mass is 79.9. The van der Waals surface area contributed by atoms with Crippen molar-refractivity contribution >= 4 is 33.4 Å². The van der Waals surface area contributed by atoms with Gasteiger partial charge in [-0.2, -0.15) is 0 Å². The zero-order valence-electron chi connectivity index (χ0n) is 11.9. The first-order valence-corrected chi connectivity index (χ1v) is 8.10. The van der Waals surface area contributed by atoms with Crippen LogP contribution in [-0.4, -0.2) is 47.9 Å². The Labute approximate surface area is 134 Å². The Morgan fingerprint density at radius 1 is 1.30 bits per heavy atom. The quantitative estimate of drug-likeness (QED) is 0.827. The molecule has 0 aliphatic carbocycles. The predicted molar refractivity (Wildman–Crippen MR) is 86.1 cm³/mol. The van der Waals surface area contributed by atoms with Crippen LogP contribution >= 0.6 is 27.5 Å². The summed E-state index contributed by atoms with van der Waals surface area (Å²) in [7, 11) is 0. The number of nitrogens with zero attached hydrogens (tertiary/aromatic N) is 2. The number of benzene rings is 1. The average molecular weight is 360 g/mol. The van der Waals surface area contributed by atoms with Crippen molar-refractivity contribution in [1.29, 1.82) is 0 Å². The standard InChI is InChI=1S/C15H20BrClN2O/c1-11(2)18-5-7-19(8-6-18)15(20)10-12-9-13(16)3-4-14(12)17/h3-4,9,11H,5-8,10H2,1-2H3. The van der Waals surface area contributed by atoms with Gasteiger partial charge in [-0.1, -0.05) is 27.5 Å². The third kappa shape index (κ3) is 3.96. The molecule has 0 radical (unpaired) electrons. The van der Waals surface area contributed by atoms with E-state index in [1.807, 2.05) is 23.1 Å². The van der Waals surface area contributed by atoms with E-state index in [-0.39, 0.29) is 5.91 Å². The van der Waals surface area contributed by atoms with Crippen LogP contribution in [0.2, 0.25) is 5.02 Å². The van der Waals surface area contributed by atoms with Crippen LogP contribution in [-0.2, 0) is 11.2 Å². The summed E-state index contributed by atoms with van der Waals surface area (Å²) in [5, 5.41) is 0.655. The van der Waals surface area contributed by atoms with Crippen molar-refractivity contribution < 1.29 is 4.79 Å². The molecule has 1 heterocycles. The van der Waals surface area contributed by atoms with Crippen molar-refractivity contribution in [2.24, 2.45) is 0 Å². The van der Waals surface area contributed by atoms with E-state index < -0.39 is 0 Å². The Morgan fingerprint density at radius 3 is 2.55 bits per heavy atom. The summed E-state index contributed by atoms with van der Waals surface area (Å²) >= 11 is 9.56. The zero-order chi connectivity index (χ0) is 14.7. The first-order chi connectivity index (χ1) is 9.47. The molecular formula is C15H20BrClN2O. The number of hydrogen-bond acceptors (Lipinski definition) is 2. The maximum Gasteiger partial charge on any atom is 0.227 e. The Hall–Kier alpha value is -0.580. The van der Waals surface area contributed by atoms with Crippen LogP contribution in [0, 0.1) is 0 Å². The monoisotopic (exact) mass is 358 g/mol. The van der Waals surface area contributed by atoms with Gasteiger partial charge in [0.1, 0.15) is 0 Å². The topological polar surface area (TPSA) is 23.6 Å². The van der Waals surface area contributed by atoms with E-state index in [0.29, 0.717) is 17.5 Å². The molecule has 2 rings (SSSR count). The highest BCUT2D eigenvalue weighted by Crippen LogP contribution is 2.22. The molecule has 0 aromatic heterocycles. The minimum Gasteiger partial charge on any atom is -0.340 e.